The molecular weight excluding hydrogens is 380 g/mol. The highest BCUT2D eigenvalue weighted by Crippen LogP contribution is 2.41. The van der Waals surface area contributed by atoms with Crippen molar-refractivity contribution in [3.05, 3.63) is 108 Å². The Bertz CT molecular complexity index is 846. The number of hydrogen-bond acceptors (Lipinski definition) is 5. The molecule has 0 bridgehead atoms. The quantitative estimate of drug-likeness (QED) is 0.549. The summed E-state index contributed by atoms with van der Waals surface area (Å²) in [5.74, 6) is 0. The highest BCUT2D eigenvalue weighted by Gasteiger charge is 2.52. The molecule has 1 fully saturated rings. The van der Waals surface area contributed by atoms with Gasteiger partial charge in [-0.25, -0.2) is 0 Å². The number of benzene rings is 3. The van der Waals surface area contributed by atoms with Gasteiger partial charge in [0.15, 0.2) is 6.29 Å². The van der Waals surface area contributed by atoms with Gasteiger partial charge in [0.1, 0.15) is 23.4 Å². The maximum atomic E-state index is 10.7. The number of rotatable bonds is 6. The topological polar surface area (TPSA) is 79.2 Å². The molecule has 0 aliphatic carbocycles. The fourth-order valence-corrected chi connectivity index (χ4v) is 4.04. The van der Waals surface area contributed by atoms with Gasteiger partial charge in [-0.2, -0.15) is 0 Å². The number of aliphatic hydroxyl groups is 3. The summed E-state index contributed by atoms with van der Waals surface area (Å²) in [7, 11) is 0. The van der Waals surface area contributed by atoms with E-state index in [0.717, 1.165) is 16.7 Å². The lowest BCUT2D eigenvalue weighted by Gasteiger charge is -2.38. The Balaban J connectivity index is 1.82. The molecule has 0 spiro atoms. The van der Waals surface area contributed by atoms with Crippen molar-refractivity contribution >= 4 is 0 Å². The second kappa shape index (κ2) is 8.30. The lowest BCUT2D eigenvalue weighted by atomic mass is 9.80. The van der Waals surface area contributed by atoms with E-state index in [1.165, 1.54) is 6.92 Å². The average Bonchev–Trinajstić information content (AvgIpc) is 2.99. The van der Waals surface area contributed by atoms with Crippen molar-refractivity contribution < 1.29 is 24.8 Å². The summed E-state index contributed by atoms with van der Waals surface area (Å²) in [6.07, 6.45) is -3.78. The lowest BCUT2D eigenvalue weighted by Crippen LogP contribution is -2.48. The summed E-state index contributed by atoms with van der Waals surface area (Å²) in [6.45, 7) is 1.40. The van der Waals surface area contributed by atoms with Gasteiger partial charge >= 0.3 is 0 Å². The van der Waals surface area contributed by atoms with Crippen molar-refractivity contribution in [2.24, 2.45) is 0 Å². The van der Waals surface area contributed by atoms with Crippen LogP contribution >= 0.6 is 0 Å². The van der Waals surface area contributed by atoms with Crippen LogP contribution in [-0.2, 0) is 15.1 Å². The van der Waals surface area contributed by atoms with E-state index in [0.29, 0.717) is 0 Å². The summed E-state index contributed by atoms with van der Waals surface area (Å²) >= 11 is 0. The highest BCUT2D eigenvalue weighted by atomic mass is 16.7. The van der Waals surface area contributed by atoms with Crippen molar-refractivity contribution in [3.8, 4) is 0 Å². The molecule has 3 N–H and O–H groups in total. The van der Waals surface area contributed by atoms with Gasteiger partial charge < -0.3 is 24.8 Å². The average molecular weight is 406 g/mol. The second-order valence-corrected chi connectivity index (χ2v) is 7.78. The molecule has 5 nitrogen and oxygen atoms in total. The normalized spacial score (nSPS) is 26.6. The van der Waals surface area contributed by atoms with E-state index >= 15 is 0 Å². The van der Waals surface area contributed by atoms with E-state index in [1.54, 1.807) is 0 Å². The summed E-state index contributed by atoms with van der Waals surface area (Å²) < 4.78 is 12.0. The molecule has 1 aliphatic heterocycles. The molecular formula is C25H26O5. The van der Waals surface area contributed by atoms with Crippen molar-refractivity contribution in [2.45, 2.75) is 36.6 Å². The van der Waals surface area contributed by atoms with Crippen LogP contribution in [0.4, 0.5) is 0 Å². The molecule has 0 amide bonds. The summed E-state index contributed by atoms with van der Waals surface area (Å²) in [4.78, 5) is 0. The van der Waals surface area contributed by atoms with Gasteiger partial charge in [-0.1, -0.05) is 91.0 Å². The molecule has 4 atom stereocenters. The first-order valence-corrected chi connectivity index (χ1v) is 10.0. The van der Waals surface area contributed by atoms with Gasteiger partial charge in [0.2, 0.25) is 0 Å². The SMILES string of the molecule is C[C@@]1(O)[C@@H](COC(c2ccccc2)(c2ccccc2)c2ccccc2)O[C@H](O)[C@@H]1O. The Labute approximate surface area is 176 Å². The zero-order valence-electron chi connectivity index (χ0n) is 16.8. The Morgan fingerprint density at radius 2 is 1.20 bits per heavy atom. The molecule has 30 heavy (non-hydrogen) atoms. The van der Waals surface area contributed by atoms with Crippen LogP contribution in [0.25, 0.3) is 0 Å². The van der Waals surface area contributed by atoms with Crippen molar-refractivity contribution in [1.82, 2.24) is 0 Å². The first-order valence-electron chi connectivity index (χ1n) is 10.0. The molecule has 3 aromatic carbocycles. The standard InChI is InChI=1S/C25H26O5/c1-24(28)21(30-23(27)22(24)26)17-29-25(18-11-5-2-6-12-18,19-13-7-3-8-14-19)20-15-9-4-10-16-20/h2-16,21-23,26-28H,17H2,1H3/t21-,22+,23+,24-/m1/s1. The Morgan fingerprint density at radius 3 is 1.53 bits per heavy atom. The second-order valence-electron chi connectivity index (χ2n) is 7.78. The molecule has 1 saturated heterocycles. The van der Waals surface area contributed by atoms with Crippen LogP contribution in [0, 0.1) is 0 Å². The van der Waals surface area contributed by atoms with Crippen LogP contribution in [0.15, 0.2) is 91.0 Å². The van der Waals surface area contributed by atoms with E-state index < -0.39 is 29.7 Å². The highest BCUT2D eigenvalue weighted by molar-refractivity contribution is 5.47. The molecule has 0 saturated carbocycles. The smallest absolute Gasteiger partial charge is 0.184 e. The molecule has 1 heterocycles. The first-order chi connectivity index (χ1) is 14.5. The van der Waals surface area contributed by atoms with E-state index in [2.05, 4.69) is 0 Å². The van der Waals surface area contributed by atoms with Crippen LogP contribution in [0.3, 0.4) is 0 Å². The minimum atomic E-state index is -1.64. The Morgan fingerprint density at radius 1 is 0.800 bits per heavy atom. The fraction of sp³-hybridized carbons (Fsp3) is 0.280. The summed E-state index contributed by atoms with van der Waals surface area (Å²) in [5, 5.41) is 30.7. The third kappa shape index (κ3) is 3.55. The van der Waals surface area contributed by atoms with E-state index in [1.807, 2.05) is 91.0 Å². The van der Waals surface area contributed by atoms with Gasteiger partial charge in [-0.15, -0.1) is 0 Å². The van der Waals surface area contributed by atoms with E-state index in [4.69, 9.17) is 9.47 Å². The van der Waals surface area contributed by atoms with E-state index in [-0.39, 0.29) is 6.61 Å². The minimum absolute atomic E-state index is 0.0419. The molecule has 1 aliphatic rings. The van der Waals surface area contributed by atoms with Gasteiger partial charge in [-0.3, -0.25) is 0 Å². The number of ether oxygens (including phenoxy) is 2. The first kappa shape index (κ1) is 20.7. The van der Waals surface area contributed by atoms with Crippen molar-refractivity contribution in [1.29, 1.82) is 0 Å². The minimum Gasteiger partial charge on any atom is -0.385 e. The Kier molecular flexibility index (Phi) is 5.73. The third-order valence-corrected chi connectivity index (χ3v) is 5.82. The number of aliphatic hydroxyl groups excluding tert-OH is 2. The summed E-state index contributed by atoms with van der Waals surface area (Å²) in [6, 6.07) is 29.5. The van der Waals surface area contributed by atoms with Crippen molar-refractivity contribution in [2.75, 3.05) is 6.61 Å². The predicted molar refractivity (Wildman–Crippen MR) is 113 cm³/mol. The van der Waals surface area contributed by atoms with Crippen LogP contribution < -0.4 is 0 Å². The monoisotopic (exact) mass is 406 g/mol. The molecule has 156 valence electrons. The summed E-state index contributed by atoms with van der Waals surface area (Å²) in [5.41, 5.74) is 0.139. The van der Waals surface area contributed by atoms with Gasteiger partial charge in [0.05, 0.1) is 6.61 Å². The zero-order chi connectivity index (χ0) is 21.2. The van der Waals surface area contributed by atoms with Crippen LogP contribution in [0.1, 0.15) is 23.6 Å². The molecule has 0 aromatic heterocycles. The maximum Gasteiger partial charge on any atom is 0.184 e. The molecule has 0 unspecified atom stereocenters. The van der Waals surface area contributed by atoms with Crippen molar-refractivity contribution in [3.63, 3.8) is 0 Å². The molecule has 0 radical (unpaired) electrons. The van der Waals surface area contributed by atoms with Crippen LogP contribution in [-0.4, -0.2) is 46.0 Å². The molecule has 5 heteroatoms. The van der Waals surface area contributed by atoms with E-state index in [9.17, 15) is 15.3 Å². The predicted octanol–water partition coefficient (Wildman–Crippen LogP) is 2.82. The number of hydrogen-bond donors (Lipinski definition) is 3. The van der Waals surface area contributed by atoms with Gasteiger partial charge in [0, 0.05) is 0 Å². The maximum absolute atomic E-state index is 10.7. The third-order valence-electron chi connectivity index (χ3n) is 5.82. The molecule has 3 aromatic rings. The fourth-order valence-electron chi connectivity index (χ4n) is 4.04. The lowest BCUT2D eigenvalue weighted by molar-refractivity contribution is -0.147. The van der Waals surface area contributed by atoms with Gasteiger partial charge in [0.25, 0.3) is 0 Å². The Hall–Kier alpha value is -2.54. The van der Waals surface area contributed by atoms with Crippen LogP contribution in [0.2, 0.25) is 0 Å². The molecule has 4 rings (SSSR count). The zero-order valence-corrected chi connectivity index (χ0v) is 16.8. The van der Waals surface area contributed by atoms with Crippen LogP contribution in [0.5, 0.6) is 0 Å². The van der Waals surface area contributed by atoms with Gasteiger partial charge in [-0.05, 0) is 23.6 Å². The largest absolute Gasteiger partial charge is 0.385 e.